The first-order valence-corrected chi connectivity index (χ1v) is 4.80. The van der Waals surface area contributed by atoms with Crippen LogP contribution in [0.25, 0.3) is 0 Å². The van der Waals surface area contributed by atoms with Crippen molar-refractivity contribution in [1.29, 1.82) is 5.26 Å². The summed E-state index contributed by atoms with van der Waals surface area (Å²) in [5.74, 6) is -0.734. The van der Waals surface area contributed by atoms with Gasteiger partial charge in [-0.25, -0.2) is 4.39 Å². The summed E-state index contributed by atoms with van der Waals surface area (Å²) >= 11 is 3.17. The van der Waals surface area contributed by atoms with Gasteiger partial charge in [0.1, 0.15) is 6.07 Å². The summed E-state index contributed by atoms with van der Waals surface area (Å²) in [6.45, 7) is 0. The Bertz CT molecular complexity index is 466. The Hall–Kier alpha value is -1.21. The molecule has 2 rings (SSSR count). The maximum atomic E-state index is 13.7. The third-order valence-corrected chi connectivity index (χ3v) is 2.96. The zero-order valence-corrected chi connectivity index (χ0v) is 8.64. The summed E-state index contributed by atoms with van der Waals surface area (Å²) in [6, 6.07) is 6.48. The summed E-state index contributed by atoms with van der Waals surface area (Å²) in [5, 5.41) is 8.60. The lowest BCUT2D eigenvalue weighted by atomic mass is 10.0. The smallest absolute Gasteiger partial charge is 0.261 e. The number of benzene rings is 1. The van der Waals surface area contributed by atoms with Crippen molar-refractivity contribution in [2.24, 2.45) is 0 Å². The van der Waals surface area contributed by atoms with Gasteiger partial charge in [0, 0.05) is 16.5 Å². The van der Waals surface area contributed by atoms with Crippen LogP contribution in [0.3, 0.4) is 0 Å². The highest BCUT2D eigenvalue weighted by Gasteiger charge is 2.47. The normalized spacial score (nSPS) is 24.5. The quantitative estimate of drug-likeness (QED) is 0.713. The molecule has 0 radical (unpaired) electrons. The highest BCUT2D eigenvalue weighted by atomic mass is 79.9. The van der Waals surface area contributed by atoms with Crippen LogP contribution in [0.15, 0.2) is 22.7 Å². The summed E-state index contributed by atoms with van der Waals surface area (Å²) < 4.78 is 14.2. The molecule has 0 unspecified atom stereocenters. The lowest BCUT2D eigenvalue weighted by Crippen LogP contribution is -2.28. The number of hydrogen-bond acceptors (Lipinski definition) is 2. The van der Waals surface area contributed by atoms with Gasteiger partial charge >= 0.3 is 0 Å². The van der Waals surface area contributed by atoms with Crippen molar-refractivity contribution in [2.75, 3.05) is 0 Å². The van der Waals surface area contributed by atoms with Gasteiger partial charge < -0.3 is 0 Å². The fraction of sp³-hybridized carbons (Fsp3) is 0.200. The van der Waals surface area contributed by atoms with E-state index in [0.717, 1.165) is 0 Å². The van der Waals surface area contributed by atoms with Crippen LogP contribution < -0.4 is 0 Å². The molecule has 0 fully saturated rings. The predicted octanol–water partition coefficient (Wildman–Crippen LogP) is 2.42. The Balaban J connectivity index is 2.64. The minimum absolute atomic E-state index is 0.142. The van der Waals surface area contributed by atoms with Crippen molar-refractivity contribution in [3.63, 3.8) is 0 Å². The molecule has 0 spiro atoms. The molecule has 1 aromatic rings. The van der Waals surface area contributed by atoms with Gasteiger partial charge in [0.05, 0.1) is 0 Å². The monoisotopic (exact) mass is 253 g/mol. The SMILES string of the molecule is N#C[C@]1(F)Cc2cccc(Br)c2C1=O. The molecule has 0 amide bonds. The Labute approximate surface area is 88.5 Å². The van der Waals surface area contributed by atoms with Crippen LogP contribution in [-0.4, -0.2) is 11.5 Å². The van der Waals surface area contributed by atoms with Gasteiger partial charge in [-0.05, 0) is 11.6 Å². The zero-order valence-electron chi connectivity index (χ0n) is 7.05. The second-order valence-corrected chi connectivity index (χ2v) is 4.05. The molecule has 2 nitrogen and oxygen atoms in total. The van der Waals surface area contributed by atoms with Crippen molar-refractivity contribution in [3.05, 3.63) is 33.8 Å². The van der Waals surface area contributed by atoms with E-state index in [4.69, 9.17) is 5.26 Å². The molecule has 1 atom stereocenters. The lowest BCUT2D eigenvalue weighted by Gasteiger charge is -2.04. The minimum atomic E-state index is -2.37. The number of fused-ring (bicyclic) bond motifs is 1. The summed E-state index contributed by atoms with van der Waals surface area (Å²) in [5.41, 5.74) is -1.48. The number of alkyl halides is 1. The maximum absolute atomic E-state index is 13.7. The summed E-state index contributed by atoms with van der Waals surface area (Å²) in [6.07, 6.45) is -0.142. The van der Waals surface area contributed by atoms with E-state index >= 15 is 0 Å². The molecular weight excluding hydrogens is 249 g/mol. The first kappa shape index (κ1) is 9.35. The zero-order chi connectivity index (χ0) is 10.3. The summed E-state index contributed by atoms with van der Waals surface area (Å²) in [4.78, 5) is 11.5. The molecule has 0 bridgehead atoms. The second kappa shape index (κ2) is 2.89. The molecule has 0 saturated heterocycles. The number of Topliss-reactive ketones (excluding diaryl/α,β-unsaturated/α-hetero) is 1. The summed E-state index contributed by atoms with van der Waals surface area (Å²) in [7, 11) is 0. The largest absolute Gasteiger partial charge is 0.289 e. The van der Waals surface area contributed by atoms with Crippen LogP contribution in [0.5, 0.6) is 0 Å². The van der Waals surface area contributed by atoms with Crippen molar-refractivity contribution in [2.45, 2.75) is 12.1 Å². The van der Waals surface area contributed by atoms with E-state index in [2.05, 4.69) is 15.9 Å². The lowest BCUT2D eigenvalue weighted by molar-refractivity contribution is 0.0819. The average Bonchev–Trinajstić information content (AvgIpc) is 2.42. The van der Waals surface area contributed by atoms with E-state index in [0.29, 0.717) is 15.6 Å². The maximum Gasteiger partial charge on any atom is 0.261 e. The molecule has 0 aromatic heterocycles. The molecule has 4 heteroatoms. The van der Waals surface area contributed by atoms with E-state index in [1.165, 1.54) is 6.07 Å². The Morgan fingerprint density at radius 2 is 2.29 bits per heavy atom. The fourth-order valence-corrected chi connectivity index (χ4v) is 2.19. The number of nitriles is 1. The standard InChI is InChI=1S/C10H5BrFNO/c11-7-3-1-2-6-4-10(12,5-13)9(14)8(6)7/h1-3H,4H2/t10-/m1/s1. The highest BCUT2D eigenvalue weighted by Crippen LogP contribution is 2.36. The number of rotatable bonds is 0. The van der Waals surface area contributed by atoms with Crippen LogP contribution in [0.2, 0.25) is 0 Å². The number of hydrogen-bond donors (Lipinski definition) is 0. The molecule has 1 aliphatic rings. The van der Waals surface area contributed by atoms with Gasteiger partial charge in [-0.1, -0.05) is 28.1 Å². The van der Waals surface area contributed by atoms with E-state index in [9.17, 15) is 9.18 Å². The van der Waals surface area contributed by atoms with Crippen molar-refractivity contribution < 1.29 is 9.18 Å². The molecule has 0 heterocycles. The molecule has 14 heavy (non-hydrogen) atoms. The van der Waals surface area contributed by atoms with Crippen LogP contribution in [-0.2, 0) is 6.42 Å². The third kappa shape index (κ3) is 1.09. The predicted molar refractivity (Wildman–Crippen MR) is 51.6 cm³/mol. The van der Waals surface area contributed by atoms with E-state index < -0.39 is 11.5 Å². The molecule has 0 N–H and O–H groups in total. The van der Waals surface area contributed by atoms with Crippen LogP contribution >= 0.6 is 15.9 Å². The average molecular weight is 254 g/mol. The van der Waals surface area contributed by atoms with Gasteiger partial charge in [-0.3, -0.25) is 4.79 Å². The molecular formula is C10H5BrFNO. The Morgan fingerprint density at radius 3 is 2.86 bits per heavy atom. The molecule has 1 aliphatic carbocycles. The van der Waals surface area contributed by atoms with Crippen LogP contribution in [0.4, 0.5) is 4.39 Å². The molecule has 0 saturated carbocycles. The molecule has 0 aliphatic heterocycles. The minimum Gasteiger partial charge on any atom is -0.289 e. The number of halogens is 2. The van der Waals surface area contributed by atoms with E-state index in [1.54, 1.807) is 18.2 Å². The molecule has 1 aromatic carbocycles. The van der Waals surface area contributed by atoms with E-state index in [1.807, 2.05) is 0 Å². The number of nitrogens with zero attached hydrogens (tertiary/aromatic N) is 1. The number of carbonyl (C=O) groups excluding carboxylic acids is 1. The molecule has 70 valence electrons. The van der Waals surface area contributed by atoms with E-state index in [-0.39, 0.29) is 6.42 Å². The Kier molecular flexibility index (Phi) is 1.93. The van der Waals surface area contributed by atoms with Crippen molar-refractivity contribution in [1.82, 2.24) is 0 Å². The highest BCUT2D eigenvalue weighted by molar-refractivity contribution is 9.10. The van der Waals surface area contributed by atoms with Crippen LogP contribution in [0, 0.1) is 11.3 Å². The fourth-order valence-electron chi connectivity index (χ4n) is 1.60. The van der Waals surface area contributed by atoms with Gasteiger partial charge in [0.15, 0.2) is 0 Å². The number of ketones is 1. The van der Waals surface area contributed by atoms with Gasteiger partial charge in [-0.2, -0.15) is 5.26 Å². The van der Waals surface area contributed by atoms with Gasteiger partial charge in [0.25, 0.3) is 5.67 Å². The van der Waals surface area contributed by atoms with Crippen molar-refractivity contribution in [3.8, 4) is 6.07 Å². The first-order chi connectivity index (χ1) is 6.58. The topological polar surface area (TPSA) is 40.9 Å². The third-order valence-electron chi connectivity index (χ3n) is 2.30. The van der Waals surface area contributed by atoms with Gasteiger partial charge in [0.2, 0.25) is 5.78 Å². The Morgan fingerprint density at radius 1 is 1.57 bits per heavy atom. The van der Waals surface area contributed by atoms with Crippen molar-refractivity contribution >= 4 is 21.7 Å². The first-order valence-electron chi connectivity index (χ1n) is 4.01. The number of carbonyl (C=O) groups is 1. The second-order valence-electron chi connectivity index (χ2n) is 3.19. The van der Waals surface area contributed by atoms with Gasteiger partial charge in [-0.15, -0.1) is 0 Å². The van der Waals surface area contributed by atoms with Crippen LogP contribution in [0.1, 0.15) is 15.9 Å².